The number of hydrogen-bond donors (Lipinski definition) is 0. The Hall–Kier alpha value is -3.02. The van der Waals surface area contributed by atoms with Crippen molar-refractivity contribution in [2.75, 3.05) is 0 Å². The first-order valence-corrected chi connectivity index (χ1v) is 10.0. The van der Waals surface area contributed by atoms with Gasteiger partial charge in [0.15, 0.2) is 5.84 Å². The van der Waals surface area contributed by atoms with Gasteiger partial charge in [-0.15, -0.1) is 0 Å². The highest BCUT2D eigenvalue weighted by Crippen LogP contribution is 2.23. The molecule has 0 bridgehead atoms. The number of nitrogens with zero attached hydrogens (tertiary/aromatic N) is 3. The predicted molar refractivity (Wildman–Crippen MR) is 121 cm³/mol. The van der Waals surface area contributed by atoms with Crippen molar-refractivity contribution in [3.05, 3.63) is 111 Å². The Morgan fingerprint density at radius 3 is 2.34 bits per heavy atom. The van der Waals surface area contributed by atoms with Gasteiger partial charge in [-0.25, -0.2) is 4.99 Å². The van der Waals surface area contributed by atoms with Crippen molar-refractivity contribution in [2.45, 2.75) is 0 Å². The Kier molecular flexibility index (Phi) is 5.69. The Labute approximate surface area is 182 Å². The summed E-state index contributed by atoms with van der Waals surface area (Å²) in [5.74, 6) is 0.178. The van der Waals surface area contributed by atoms with Gasteiger partial charge in [0.2, 0.25) is 0 Å². The molecular formula is C23H15BrClN3O. The number of rotatable bonds is 4. The van der Waals surface area contributed by atoms with Gasteiger partial charge in [-0.2, -0.15) is 10.1 Å². The van der Waals surface area contributed by atoms with Gasteiger partial charge in [0.1, 0.15) is 5.70 Å². The number of carbonyl (C=O) groups excluding carboxylic acids is 1. The first kappa shape index (κ1) is 19.3. The van der Waals surface area contributed by atoms with E-state index in [2.05, 4.69) is 26.0 Å². The minimum atomic E-state index is -0.296. The summed E-state index contributed by atoms with van der Waals surface area (Å²) in [6, 6.07) is 24.5. The third-order valence-electron chi connectivity index (χ3n) is 4.26. The quantitative estimate of drug-likeness (QED) is 0.357. The standard InChI is InChI=1S/C23H15BrClN3O/c24-19-12-10-16(11-13-19)14-21-23(29)28(22(27-21)17-6-2-1-3-7-17)26-15-18-8-4-5-9-20(18)25/h1-15H. The third kappa shape index (κ3) is 4.36. The zero-order valence-electron chi connectivity index (χ0n) is 15.2. The molecule has 3 aromatic carbocycles. The molecule has 1 aliphatic rings. The zero-order chi connectivity index (χ0) is 20.2. The Balaban J connectivity index is 1.73. The summed E-state index contributed by atoms with van der Waals surface area (Å²) >= 11 is 9.62. The number of amides is 1. The molecule has 0 radical (unpaired) electrons. The number of hydrogen-bond acceptors (Lipinski definition) is 3. The van der Waals surface area contributed by atoms with E-state index >= 15 is 0 Å². The Bertz CT molecular complexity index is 1140. The summed E-state index contributed by atoms with van der Waals surface area (Å²) in [6.45, 7) is 0. The SMILES string of the molecule is O=C1C(=Cc2ccc(Br)cc2)N=C(c2ccccc2)N1N=Cc1ccccc1Cl. The van der Waals surface area contributed by atoms with Crippen molar-refractivity contribution in [1.29, 1.82) is 0 Å². The second-order valence-corrected chi connectivity index (χ2v) is 7.59. The lowest BCUT2D eigenvalue weighted by atomic mass is 10.2. The van der Waals surface area contributed by atoms with Crippen LogP contribution in [0.2, 0.25) is 5.02 Å². The normalized spacial score (nSPS) is 15.4. The minimum Gasteiger partial charge on any atom is -0.265 e. The number of hydrazone groups is 1. The fourth-order valence-electron chi connectivity index (χ4n) is 2.81. The minimum absolute atomic E-state index is 0.296. The van der Waals surface area contributed by atoms with Crippen molar-refractivity contribution in [1.82, 2.24) is 5.01 Å². The van der Waals surface area contributed by atoms with Crippen LogP contribution < -0.4 is 0 Å². The van der Waals surface area contributed by atoms with Crippen molar-refractivity contribution in [2.24, 2.45) is 10.1 Å². The van der Waals surface area contributed by atoms with Crippen molar-refractivity contribution in [3.8, 4) is 0 Å². The van der Waals surface area contributed by atoms with Crippen LogP contribution in [0.15, 0.2) is 99.1 Å². The molecule has 0 N–H and O–H groups in total. The molecule has 142 valence electrons. The summed E-state index contributed by atoms with van der Waals surface area (Å²) < 4.78 is 0.969. The van der Waals surface area contributed by atoms with Crippen LogP contribution in [0.5, 0.6) is 0 Å². The molecule has 6 heteroatoms. The molecule has 0 atom stereocenters. The fourth-order valence-corrected chi connectivity index (χ4v) is 3.25. The van der Waals surface area contributed by atoms with Crippen LogP contribution in [0.1, 0.15) is 16.7 Å². The highest BCUT2D eigenvalue weighted by molar-refractivity contribution is 9.10. The van der Waals surface area contributed by atoms with E-state index in [1.165, 1.54) is 5.01 Å². The van der Waals surface area contributed by atoms with E-state index in [1.807, 2.05) is 72.8 Å². The fraction of sp³-hybridized carbons (Fsp3) is 0. The van der Waals surface area contributed by atoms with Gasteiger partial charge < -0.3 is 0 Å². The summed E-state index contributed by atoms with van der Waals surface area (Å²) in [4.78, 5) is 17.6. The second-order valence-electron chi connectivity index (χ2n) is 6.27. The topological polar surface area (TPSA) is 45.0 Å². The van der Waals surface area contributed by atoms with E-state index < -0.39 is 0 Å². The van der Waals surface area contributed by atoms with Crippen LogP contribution in [0.3, 0.4) is 0 Å². The number of benzene rings is 3. The molecule has 3 aromatic rings. The van der Waals surface area contributed by atoms with Gasteiger partial charge in [0, 0.05) is 20.6 Å². The van der Waals surface area contributed by atoms with E-state index in [0.717, 1.165) is 21.2 Å². The number of carbonyl (C=O) groups is 1. The van der Waals surface area contributed by atoms with Crippen LogP contribution in [0.25, 0.3) is 6.08 Å². The Morgan fingerprint density at radius 1 is 0.931 bits per heavy atom. The summed E-state index contributed by atoms with van der Waals surface area (Å²) in [6.07, 6.45) is 3.32. The Morgan fingerprint density at radius 2 is 1.62 bits per heavy atom. The maximum atomic E-state index is 13.1. The molecule has 1 aliphatic heterocycles. The molecule has 1 amide bonds. The number of aliphatic imine (C=N–C) groups is 1. The number of amidine groups is 1. The molecule has 0 saturated carbocycles. The molecule has 0 aliphatic carbocycles. The van der Waals surface area contributed by atoms with Crippen LogP contribution in [0, 0.1) is 0 Å². The molecule has 0 spiro atoms. The molecule has 0 fully saturated rings. The highest BCUT2D eigenvalue weighted by atomic mass is 79.9. The third-order valence-corrected chi connectivity index (χ3v) is 5.13. The molecule has 4 rings (SSSR count). The maximum absolute atomic E-state index is 13.1. The van der Waals surface area contributed by atoms with Crippen LogP contribution in [-0.4, -0.2) is 23.0 Å². The van der Waals surface area contributed by atoms with Crippen LogP contribution in [0.4, 0.5) is 0 Å². The first-order chi connectivity index (χ1) is 14.1. The lowest BCUT2D eigenvalue weighted by molar-refractivity contribution is -0.122. The number of halogens is 2. The molecule has 4 nitrogen and oxygen atoms in total. The van der Waals surface area contributed by atoms with Gasteiger partial charge in [0.25, 0.3) is 5.91 Å². The van der Waals surface area contributed by atoms with Crippen molar-refractivity contribution < 1.29 is 4.79 Å². The predicted octanol–water partition coefficient (Wildman–Crippen LogP) is 5.77. The van der Waals surface area contributed by atoms with E-state index in [9.17, 15) is 4.79 Å². The van der Waals surface area contributed by atoms with E-state index in [4.69, 9.17) is 11.6 Å². The first-order valence-electron chi connectivity index (χ1n) is 8.86. The van der Waals surface area contributed by atoms with Crippen LogP contribution >= 0.6 is 27.5 Å². The van der Waals surface area contributed by atoms with Gasteiger partial charge in [-0.1, -0.05) is 88.2 Å². The molecule has 0 saturated heterocycles. The zero-order valence-corrected chi connectivity index (χ0v) is 17.5. The van der Waals surface area contributed by atoms with Gasteiger partial charge in [-0.3, -0.25) is 4.79 Å². The van der Waals surface area contributed by atoms with Crippen molar-refractivity contribution in [3.63, 3.8) is 0 Å². The lowest BCUT2D eigenvalue weighted by Gasteiger charge is -2.12. The lowest BCUT2D eigenvalue weighted by Crippen LogP contribution is -2.27. The molecule has 1 heterocycles. The van der Waals surface area contributed by atoms with E-state index in [-0.39, 0.29) is 5.91 Å². The molecule has 29 heavy (non-hydrogen) atoms. The highest BCUT2D eigenvalue weighted by Gasteiger charge is 2.31. The monoisotopic (exact) mass is 463 g/mol. The van der Waals surface area contributed by atoms with Crippen LogP contribution in [-0.2, 0) is 4.79 Å². The summed E-state index contributed by atoms with van der Waals surface area (Å²) in [5.41, 5.74) is 2.73. The molecule has 0 unspecified atom stereocenters. The van der Waals surface area contributed by atoms with Gasteiger partial charge >= 0.3 is 0 Å². The maximum Gasteiger partial charge on any atom is 0.298 e. The molecular weight excluding hydrogens is 450 g/mol. The van der Waals surface area contributed by atoms with E-state index in [0.29, 0.717) is 16.6 Å². The summed E-state index contributed by atoms with van der Waals surface area (Å²) in [5, 5.41) is 6.26. The summed E-state index contributed by atoms with van der Waals surface area (Å²) in [7, 11) is 0. The van der Waals surface area contributed by atoms with Gasteiger partial charge in [0.05, 0.1) is 6.21 Å². The smallest absolute Gasteiger partial charge is 0.265 e. The second kappa shape index (κ2) is 8.55. The van der Waals surface area contributed by atoms with E-state index in [1.54, 1.807) is 18.4 Å². The van der Waals surface area contributed by atoms with Crippen molar-refractivity contribution >= 4 is 51.6 Å². The average Bonchev–Trinajstić information content (AvgIpc) is 3.05. The average molecular weight is 465 g/mol. The molecule has 0 aromatic heterocycles. The van der Waals surface area contributed by atoms with Gasteiger partial charge in [-0.05, 0) is 29.8 Å². The largest absolute Gasteiger partial charge is 0.298 e.